The smallest absolute Gasteiger partial charge is 0.255 e. The molecule has 3 aromatic carbocycles. The van der Waals surface area contributed by atoms with E-state index < -0.39 is 17.8 Å². The summed E-state index contributed by atoms with van der Waals surface area (Å²) in [7, 11) is 0. The first-order valence-electron chi connectivity index (χ1n) is 10.3. The summed E-state index contributed by atoms with van der Waals surface area (Å²) in [5, 5.41) is 6.14. The van der Waals surface area contributed by atoms with Gasteiger partial charge in [-0.1, -0.05) is 42.5 Å². The van der Waals surface area contributed by atoms with Gasteiger partial charge < -0.3 is 0 Å². The molecule has 0 N–H and O–H groups in total. The van der Waals surface area contributed by atoms with Gasteiger partial charge in [-0.25, -0.2) is 8.78 Å². The number of hydrazone groups is 1. The van der Waals surface area contributed by atoms with E-state index in [0.717, 1.165) is 11.1 Å². The van der Waals surface area contributed by atoms with Gasteiger partial charge in [0.1, 0.15) is 23.6 Å². The molecule has 5 nitrogen and oxygen atoms in total. The highest BCUT2D eigenvalue weighted by Crippen LogP contribution is 2.37. The third-order valence-corrected chi connectivity index (χ3v) is 5.84. The Morgan fingerprint density at radius 3 is 2.06 bits per heavy atom. The van der Waals surface area contributed by atoms with E-state index in [1.54, 1.807) is 24.3 Å². The van der Waals surface area contributed by atoms with Crippen LogP contribution in [0, 0.1) is 17.6 Å². The Hall–Kier alpha value is -3.87. The Labute approximate surface area is 183 Å². The highest BCUT2D eigenvalue weighted by atomic mass is 19.1. The van der Waals surface area contributed by atoms with Crippen LogP contribution in [0.2, 0.25) is 0 Å². The summed E-state index contributed by atoms with van der Waals surface area (Å²) in [6.45, 7) is 0.190. The van der Waals surface area contributed by atoms with Gasteiger partial charge in [-0.05, 0) is 53.9 Å². The number of hydrogen-bond donors (Lipinski definition) is 0. The molecule has 0 aliphatic carbocycles. The van der Waals surface area contributed by atoms with Gasteiger partial charge in [0.25, 0.3) is 5.91 Å². The second-order valence-electron chi connectivity index (χ2n) is 7.80. The molecule has 0 bridgehead atoms. The van der Waals surface area contributed by atoms with Crippen molar-refractivity contribution in [3.63, 3.8) is 0 Å². The summed E-state index contributed by atoms with van der Waals surface area (Å²) in [6.07, 6.45) is 0.422. The van der Waals surface area contributed by atoms with Crippen molar-refractivity contribution in [3.8, 4) is 0 Å². The van der Waals surface area contributed by atoms with Crippen molar-refractivity contribution in [3.05, 3.63) is 102 Å². The Bertz CT molecular complexity index is 1190. The highest BCUT2D eigenvalue weighted by molar-refractivity contribution is 6.25. The number of benzene rings is 3. The van der Waals surface area contributed by atoms with Crippen molar-refractivity contribution in [2.75, 3.05) is 11.6 Å². The minimum Gasteiger partial charge on any atom is -0.280 e. The standard InChI is InChI=1S/C25H19F2N3O2/c26-18-8-6-16(7-9-18)14-15-29-24(31)21-22(17-4-2-1-3-5-17)28-30(23(21)25(29)32)20-12-10-19(27)11-13-20/h1-13,21,23H,14-15H2. The van der Waals surface area contributed by atoms with Gasteiger partial charge in [-0.3, -0.25) is 19.5 Å². The lowest BCUT2D eigenvalue weighted by Crippen LogP contribution is -2.39. The van der Waals surface area contributed by atoms with E-state index in [1.165, 1.54) is 34.2 Å². The van der Waals surface area contributed by atoms with E-state index >= 15 is 0 Å². The SMILES string of the molecule is O=C1C2C(c3ccccc3)=NN(c3ccc(F)cc3)C2C(=O)N1CCc1ccc(F)cc1. The average molecular weight is 431 g/mol. The van der Waals surface area contributed by atoms with Crippen molar-refractivity contribution >= 4 is 23.2 Å². The van der Waals surface area contributed by atoms with E-state index in [4.69, 9.17) is 0 Å². The fraction of sp³-hybridized carbons (Fsp3) is 0.160. The second-order valence-corrected chi connectivity index (χ2v) is 7.80. The maximum Gasteiger partial charge on any atom is 0.255 e. The quantitative estimate of drug-likeness (QED) is 0.578. The number of anilines is 1. The lowest BCUT2D eigenvalue weighted by Gasteiger charge is -2.22. The first-order chi connectivity index (χ1) is 15.5. The van der Waals surface area contributed by atoms with Gasteiger partial charge in [-0.15, -0.1) is 0 Å². The summed E-state index contributed by atoms with van der Waals surface area (Å²) in [6, 6.07) is 20.1. The molecular formula is C25H19F2N3O2. The van der Waals surface area contributed by atoms with E-state index in [0.29, 0.717) is 17.8 Å². The van der Waals surface area contributed by atoms with Crippen LogP contribution in [0.4, 0.5) is 14.5 Å². The fourth-order valence-electron chi connectivity index (χ4n) is 4.24. The zero-order chi connectivity index (χ0) is 22.2. The van der Waals surface area contributed by atoms with Crippen LogP contribution in [0.5, 0.6) is 0 Å². The lowest BCUT2D eigenvalue weighted by molar-refractivity contribution is -0.139. The lowest BCUT2D eigenvalue weighted by atomic mass is 9.93. The van der Waals surface area contributed by atoms with Crippen molar-refractivity contribution < 1.29 is 18.4 Å². The van der Waals surface area contributed by atoms with Crippen molar-refractivity contribution in [2.24, 2.45) is 11.0 Å². The number of hydrogen-bond acceptors (Lipinski definition) is 4. The minimum atomic E-state index is -0.823. The van der Waals surface area contributed by atoms with Gasteiger partial charge in [0.05, 0.1) is 11.4 Å². The van der Waals surface area contributed by atoms with Gasteiger partial charge in [0.2, 0.25) is 5.91 Å². The molecule has 2 aliphatic heterocycles. The van der Waals surface area contributed by atoms with Gasteiger partial charge in [0.15, 0.2) is 0 Å². The van der Waals surface area contributed by atoms with Crippen LogP contribution in [0.1, 0.15) is 11.1 Å². The molecule has 1 saturated heterocycles. The largest absolute Gasteiger partial charge is 0.280 e. The maximum atomic E-state index is 13.5. The van der Waals surface area contributed by atoms with E-state index in [-0.39, 0.29) is 24.2 Å². The summed E-state index contributed by atoms with van der Waals surface area (Å²) in [5.74, 6) is -2.14. The molecule has 2 atom stereocenters. The molecule has 2 unspecified atom stereocenters. The fourth-order valence-corrected chi connectivity index (χ4v) is 4.24. The Kier molecular flexibility index (Phi) is 5.01. The second kappa shape index (κ2) is 8.00. The van der Waals surface area contributed by atoms with Crippen LogP contribution >= 0.6 is 0 Å². The highest BCUT2D eigenvalue weighted by Gasteiger charge is 2.56. The molecule has 1 fully saturated rings. The number of fused-ring (bicyclic) bond motifs is 1. The zero-order valence-corrected chi connectivity index (χ0v) is 17.0. The van der Waals surface area contributed by atoms with E-state index in [9.17, 15) is 18.4 Å². The first kappa shape index (κ1) is 20.1. The van der Waals surface area contributed by atoms with Gasteiger partial charge >= 0.3 is 0 Å². The van der Waals surface area contributed by atoms with Crippen LogP contribution in [-0.2, 0) is 16.0 Å². The number of nitrogens with zero attached hydrogens (tertiary/aromatic N) is 3. The average Bonchev–Trinajstić information content (AvgIpc) is 3.32. The summed E-state index contributed by atoms with van der Waals surface area (Å²) < 4.78 is 26.6. The van der Waals surface area contributed by atoms with Crippen LogP contribution < -0.4 is 5.01 Å². The first-order valence-corrected chi connectivity index (χ1v) is 10.3. The number of carbonyl (C=O) groups is 2. The molecular weight excluding hydrogens is 412 g/mol. The Balaban J connectivity index is 1.48. The van der Waals surface area contributed by atoms with Crippen LogP contribution in [0.15, 0.2) is 84.0 Å². The number of amides is 2. The molecule has 0 aromatic heterocycles. The number of likely N-dealkylation sites (tertiary alicyclic amines) is 1. The predicted molar refractivity (Wildman–Crippen MR) is 116 cm³/mol. The van der Waals surface area contributed by atoms with Crippen LogP contribution in [0.3, 0.4) is 0 Å². The van der Waals surface area contributed by atoms with Crippen LogP contribution in [0.25, 0.3) is 0 Å². The molecule has 0 radical (unpaired) electrons. The number of halogens is 2. The minimum absolute atomic E-state index is 0.190. The molecule has 160 valence electrons. The molecule has 2 aliphatic rings. The monoisotopic (exact) mass is 431 g/mol. The van der Waals surface area contributed by atoms with Crippen molar-refractivity contribution in [2.45, 2.75) is 12.5 Å². The van der Waals surface area contributed by atoms with E-state index in [1.807, 2.05) is 30.3 Å². The molecule has 3 aromatic rings. The maximum absolute atomic E-state index is 13.5. The third kappa shape index (κ3) is 3.45. The Morgan fingerprint density at radius 1 is 0.781 bits per heavy atom. The molecule has 2 amide bonds. The van der Waals surface area contributed by atoms with Gasteiger partial charge in [0, 0.05) is 6.54 Å². The predicted octanol–water partition coefficient (Wildman–Crippen LogP) is 3.79. The van der Waals surface area contributed by atoms with E-state index in [2.05, 4.69) is 5.10 Å². The molecule has 2 heterocycles. The number of carbonyl (C=O) groups excluding carboxylic acids is 2. The molecule has 7 heteroatoms. The van der Waals surface area contributed by atoms with Crippen molar-refractivity contribution in [1.29, 1.82) is 0 Å². The topological polar surface area (TPSA) is 53.0 Å². The third-order valence-electron chi connectivity index (χ3n) is 5.84. The normalized spacial score (nSPS) is 20.0. The molecule has 0 spiro atoms. The van der Waals surface area contributed by atoms with Gasteiger partial charge in [-0.2, -0.15) is 5.10 Å². The Morgan fingerprint density at radius 2 is 1.41 bits per heavy atom. The summed E-state index contributed by atoms with van der Waals surface area (Å²) in [5.41, 5.74) is 2.64. The molecule has 5 rings (SSSR count). The number of rotatable bonds is 5. The zero-order valence-electron chi connectivity index (χ0n) is 17.0. The molecule has 0 saturated carbocycles. The number of imide groups is 1. The van der Waals surface area contributed by atoms with Crippen LogP contribution in [-0.4, -0.2) is 35.0 Å². The summed E-state index contributed by atoms with van der Waals surface area (Å²) >= 11 is 0. The summed E-state index contributed by atoms with van der Waals surface area (Å²) in [4.78, 5) is 28.0. The van der Waals surface area contributed by atoms with Crippen molar-refractivity contribution in [1.82, 2.24) is 4.90 Å². The molecule has 32 heavy (non-hydrogen) atoms.